The van der Waals surface area contributed by atoms with Crippen LogP contribution in [0.1, 0.15) is 19.8 Å². The second-order valence-electron chi connectivity index (χ2n) is 5.56. The molecular formula is C14H20BrN3O2. The second-order valence-corrected chi connectivity index (χ2v) is 6.41. The lowest BCUT2D eigenvalue weighted by molar-refractivity contribution is -0.118. The van der Waals surface area contributed by atoms with E-state index in [1.807, 2.05) is 6.92 Å². The Morgan fingerprint density at radius 2 is 2.15 bits per heavy atom. The van der Waals surface area contributed by atoms with Crippen molar-refractivity contribution in [2.24, 2.45) is 0 Å². The van der Waals surface area contributed by atoms with Gasteiger partial charge in [-0.05, 0) is 53.9 Å². The molecule has 1 aromatic rings. The number of carbonyl (C=O) groups excluding carboxylic acids is 1. The predicted octanol–water partition coefficient (Wildman–Crippen LogP) is 1.82. The molecule has 2 rings (SSSR count). The highest BCUT2D eigenvalue weighted by molar-refractivity contribution is 9.10. The van der Waals surface area contributed by atoms with E-state index in [0.717, 1.165) is 17.6 Å². The Morgan fingerprint density at radius 1 is 1.50 bits per heavy atom. The Balaban J connectivity index is 1.87. The lowest BCUT2D eigenvalue weighted by Crippen LogP contribution is -2.45. The maximum absolute atomic E-state index is 12.0. The van der Waals surface area contributed by atoms with E-state index in [1.54, 1.807) is 18.2 Å². The van der Waals surface area contributed by atoms with Gasteiger partial charge >= 0.3 is 0 Å². The Kier molecular flexibility index (Phi) is 4.67. The molecule has 0 radical (unpaired) electrons. The summed E-state index contributed by atoms with van der Waals surface area (Å²) in [6, 6.07) is 5.28. The van der Waals surface area contributed by atoms with Crippen LogP contribution in [-0.4, -0.2) is 41.1 Å². The third-order valence-corrected chi connectivity index (χ3v) is 4.22. The maximum Gasteiger partial charge on any atom is 0.238 e. The average Bonchev–Trinajstić information content (AvgIpc) is 2.35. The number of hydrogen-bond donors (Lipinski definition) is 3. The van der Waals surface area contributed by atoms with E-state index in [-0.39, 0.29) is 5.91 Å². The summed E-state index contributed by atoms with van der Waals surface area (Å²) in [5, 5.41) is 12.7. The van der Waals surface area contributed by atoms with Crippen molar-refractivity contribution in [3.8, 4) is 0 Å². The van der Waals surface area contributed by atoms with Gasteiger partial charge in [0, 0.05) is 23.2 Å². The number of nitrogens with zero attached hydrogens (tertiary/aromatic N) is 1. The first-order valence-corrected chi connectivity index (χ1v) is 7.45. The number of likely N-dealkylation sites (tertiary alicyclic amines) is 1. The Hall–Kier alpha value is -1.11. The molecule has 1 fully saturated rings. The highest BCUT2D eigenvalue weighted by atomic mass is 79.9. The molecule has 0 spiro atoms. The van der Waals surface area contributed by atoms with Gasteiger partial charge < -0.3 is 16.2 Å². The molecule has 0 aliphatic carbocycles. The molecule has 4 N–H and O–H groups in total. The average molecular weight is 342 g/mol. The second kappa shape index (κ2) is 6.11. The highest BCUT2D eigenvalue weighted by Gasteiger charge is 2.28. The first kappa shape index (κ1) is 15.3. The van der Waals surface area contributed by atoms with Crippen LogP contribution in [0.2, 0.25) is 0 Å². The minimum absolute atomic E-state index is 0.0583. The molecule has 110 valence electrons. The molecule has 1 amide bonds. The van der Waals surface area contributed by atoms with Crippen LogP contribution in [0.5, 0.6) is 0 Å². The van der Waals surface area contributed by atoms with Gasteiger partial charge in [-0.25, -0.2) is 0 Å². The van der Waals surface area contributed by atoms with E-state index in [0.29, 0.717) is 30.8 Å². The lowest BCUT2D eigenvalue weighted by atomic mass is 9.94. The number of anilines is 2. The number of hydrogen-bond acceptors (Lipinski definition) is 4. The number of halogens is 1. The number of rotatable bonds is 3. The van der Waals surface area contributed by atoms with Gasteiger partial charge in [0.05, 0.1) is 17.8 Å². The molecule has 5 nitrogen and oxygen atoms in total. The minimum Gasteiger partial charge on any atom is -0.399 e. The number of nitrogen functional groups attached to an aromatic ring is 1. The molecule has 0 bridgehead atoms. The van der Waals surface area contributed by atoms with E-state index in [2.05, 4.69) is 26.1 Å². The molecule has 20 heavy (non-hydrogen) atoms. The molecular weight excluding hydrogens is 322 g/mol. The van der Waals surface area contributed by atoms with Gasteiger partial charge in [-0.3, -0.25) is 9.69 Å². The van der Waals surface area contributed by atoms with Crippen molar-refractivity contribution in [1.82, 2.24) is 4.90 Å². The van der Waals surface area contributed by atoms with Crippen LogP contribution >= 0.6 is 15.9 Å². The Bertz CT molecular complexity index is 495. The zero-order valence-electron chi connectivity index (χ0n) is 11.5. The van der Waals surface area contributed by atoms with Gasteiger partial charge in [-0.1, -0.05) is 0 Å². The normalized spacial score (nSPS) is 18.8. The van der Waals surface area contributed by atoms with Crippen LogP contribution in [0.4, 0.5) is 11.4 Å². The monoisotopic (exact) mass is 341 g/mol. The topological polar surface area (TPSA) is 78.6 Å². The largest absolute Gasteiger partial charge is 0.399 e. The molecule has 0 saturated carbocycles. The van der Waals surface area contributed by atoms with E-state index in [1.165, 1.54) is 0 Å². The minimum atomic E-state index is -0.590. The predicted molar refractivity (Wildman–Crippen MR) is 83.5 cm³/mol. The summed E-state index contributed by atoms with van der Waals surface area (Å²) < 4.78 is 0.771. The number of amides is 1. The van der Waals surface area contributed by atoms with Crippen molar-refractivity contribution in [2.75, 3.05) is 30.7 Å². The first-order chi connectivity index (χ1) is 9.35. The fourth-order valence-corrected chi connectivity index (χ4v) is 2.71. The zero-order chi connectivity index (χ0) is 14.8. The summed E-state index contributed by atoms with van der Waals surface area (Å²) in [5.41, 5.74) is 6.43. The van der Waals surface area contributed by atoms with Crippen molar-refractivity contribution in [2.45, 2.75) is 25.4 Å². The van der Waals surface area contributed by atoms with Crippen LogP contribution in [-0.2, 0) is 4.79 Å². The molecule has 1 saturated heterocycles. The molecule has 0 aromatic heterocycles. The van der Waals surface area contributed by atoms with Crippen molar-refractivity contribution < 1.29 is 9.90 Å². The fourth-order valence-electron chi connectivity index (χ4n) is 2.22. The SMILES string of the molecule is CC1(O)CCN(CC(=O)Nc2ccc(N)cc2Br)CC1. The highest BCUT2D eigenvalue weighted by Crippen LogP contribution is 2.25. The van der Waals surface area contributed by atoms with Crippen molar-refractivity contribution in [3.05, 3.63) is 22.7 Å². The molecule has 1 aliphatic rings. The maximum atomic E-state index is 12.0. The van der Waals surface area contributed by atoms with E-state index < -0.39 is 5.60 Å². The van der Waals surface area contributed by atoms with Crippen LogP contribution < -0.4 is 11.1 Å². The molecule has 1 aliphatic heterocycles. The summed E-state index contributed by atoms with van der Waals surface area (Å²) in [4.78, 5) is 14.1. The summed E-state index contributed by atoms with van der Waals surface area (Å²) in [5.74, 6) is -0.0583. The lowest BCUT2D eigenvalue weighted by Gasteiger charge is -2.35. The smallest absolute Gasteiger partial charge is 0.238 e. The Morgan fingerprint density at radius 3 is 2.75 bits per heavy atom. The first-order valence-electron chi connectivity index (χ1n) is 6.65. The van der Waals surface area contributed by atoms with Crippen molar-refractivity contribution >= 4 is 33.2 Å². The van der Waals surface area contributed by atoms with Crippen molar-refractivity contribution in [1.29, 1.82) is 0 Å². The van der Waals surface area contributed by atoms with E-state index in [9.17, 15) is 9.90 Å². The Labute approximate surface area is 127 Å². The third-order valence-electron chi connectivity index (χ3n) is 3.57. The number of piperidine rings is 1. The standard InChI is InChI=1S/C14H20BrN3O2/c1-14(20)4-6-18(7-5-14)9-13(19)17-12-3-2-10(16)8-11(12)15/h2-3,8,20H,4-7,9,16H2,1H3,(H,17,19). The fraction of sp³-hybridized carbons (Fsp3) is 0.500. The van der Waals surface area contributed by atoms with Crippen LogP contribution in [0.25, 0.3) is 0 Å². The number of aliphatic hydroxyl groups is 1. The third kappa shape index (κ3) is 4.19. The van der Waals surface area contributed by atoms with Crippen LogP contribution in [0.3, 0.4) is 0 Å². The van der Waals surface area contributed by atoms with Gasteiger partial charge in [0.2, 0.25) is 5.91 Å². The number of benzene rings is 1. The van der Waals surface area contributed by atoms with Crippen molar-refractivity contribution in [3.63, 3.8) is 0 Å². The van der Waals surface area contributed by atoms with Crippen LogP contribution in [0, 0.1) is 0 Å². The number of nitrogens with two attached hydrogens (primary N) is 1. The molecule has 6 heteroatoms. The van der Waals surface area contributed by atoms with Gasteiger partial charge in [-0.15, -0.1) is 0 Å². The van der Waals surface area contributed by atoms with E-state index in [4.69, 9.17) is 5.73 Å². The summed E-state index contributed by atoms with van der Waals surface area (Å²) in [6.07, 6.45) is 1.40. The molecule has 1 heterocycles. The van der Waals surface area contributed by atoms with Gasteiger partial charge in [0.25, 0.3) is 0 Å². The molecule has 0 unspecified atom stereocenters. The molecule has 1 aromatic carbocycles. The number of carbonyl (C=O) groups is 1. The van der Waals surface area contributed by atoms with Crippen LogP contribution in [0.15, 0.2) is 22.7 Å². The van der Waals surface area contributed by atoms with Gasteiger partial charge in [0.15, 0.2) is 0 Å². The van der Waals surface area contributed by atoms with E-state index >= 15 is 0 Å². The van der Waals surface area contributed by atoms with Gasteiger partial charge in [-0.2, -0.15) is 0 Å². The summed E-state index contributed by atoms with van der Waals surface area (Å²) in [7, 11) is 0. The van der Waals surface area contributed by atoms with Gasteiger partial charge in [0.1, 0.15) is 0 Å². The summed E-state index contributed by atoms with van der Waals surface area (Å²) in [6.45, 7) is 3.66. The quantitative estimate of drug-likeness (QED) is 0.732. The molecule has 0 atom stereocenters. The zero-order valence-corrected chi connectivity index (χ0v) is 13.1. The number of nitrogens with one attached hydrogen (secondary N) is 1. The summed E-state index contributed by atoms with van der Waals surface area (Å²) >= 11 is 3.37.